The molecule has 2 aromatic heterocycles. The predicted octanol–water partition coefficient (Wildman–Crippen LogP) is 7.78. The second-order valence-electron chi connectivity index (χ2n) is 7.89. The summed E-state index contributed by atoms with van der Waals surface area (Å²) < 4.78 is 0. The molecular weight excluding hydrogens is 388 g/mol. The zero-order valence-corrected chi connectivity index (χ0v) is 17.4. The smallest absolute Gasteiger partial charge is 0.0978 e. The lowest BCUT2D eigenvalue weighted by molar-refractivity contribution is 1.28. The monoisotopic (exact) mass is 408 g/mol. The van der Waals surface area contributed by atoms with Crippen LogP contribution in [0.25, 0.3) is 55.4 Å². The van der Waals surface area contributed by atoms with Crippen molar-refractivity contribution in [1.82, 2.24) is 9.97 Å². The third-order valence-corrected chi connectivity index (χ3v) is 5.84. The van der Waals surface area contributed by atoms with Crippen LogP contribution in [0.3, 0.4) is 0 Å². The molecule has 0 unspecified atom stereocenters. The van der Waals surface area contributed by atoms with Crippen LogP contribution in [0.1, 0.15) is 0 Å². The van der Waals surface area contributed by atoms with Crippen LogP contribution in [0.15, 0.2) is 121 Å². The molecule has 4 aromatic carbocycles. The molecule has 0 spiro atoms. The molecule has 0 atom stereocenters. The number of rotatable bonds is 3. The number of aromatic nitrogens is 2. The lowest BCUT2D eigenvalue weighted by Crippen LogP contribution is -1.96. The van der Waals surface area contributed by atoms with E-state index in [1.54, 1.807) is 0 Å². The van der Waals surface area contributed by atoms with Gasteiger partial charge in [0.1, 0.15) is 0 Å². The summed E-state index contributed by atoms with van der Waals surface area (Å²) in [6.07, 6.45) is 0. The maximum Gasteiger partial charge on any atom is 0.0978 e. The minimum absolute atomic E-state index is 0.913. The Bertz CT molecular complexity index is 1430. The van der Waals surface area contributed by atoms with E-state index >= 15 is 0 Å². The third-order valence-electron chi connectivity index (χ3n) is 5.84. The van der Waals surface area contributed by atoms with Gasteiger partial charge in [0, 0.05) is 21.9 Å². The summed E-state index contributed by atoms with van der Waals surface area (Å²) in [4.78, 5) is 10.3. The van der Waals surface area contributed by atoms with Crippen molar-refractivity contribution in [2.75, 3.05) is 0 Å². The van der Waals surface area contributed by atoms with Crippen LogP contribution in [-0.4, -0.2) is 9.97 Å². The van der Waals surface area contributed by atoms with Crippen LogP contribution in [0.4, 0.5) is 0 Å². The van der Waals surface area contributed by atoms with Crippen LogP contribution >= 0.6 is 0 Å². The summed E-state index contributed by atoms with van der Waals surface area (Å²) in [7, 11) is 0. The Kier molecular flexibility index (Phi) is 4.47. The SMILES string of the molecule is c1ccc(-c2cc3ccccc3c(-c3nc(-c4ccccc4)cc4ccccc34)n2)cc1. The van der Waals surface area contributed by atoms with E-state index < -0.39 is 0 Å². The van der Waals surface area contributed by atoms with E-state index in [0.29, 0.717) is 0 Å². The number of fused-ring (bicyclic) bond motifs is 2. The van der Waals surface area contributed by atoms with Crippen molar-refractivity contribution in [2.45, 2.75) is 0 Å². The van der Waals surface area contributed by atoms with E-state index in [0.717, 1.165) is 55.4 Å². The van der Waals surface area contributed by atoms with Gasteiger partial charge in [-0.15, -0.1) is 0 Å². The molecule has 0 bridgehead atoms. The Labute approximate surface area is 186 Å². The molecule has 0 aliphatic rings. The normalized spacial score (nSPS) is 11.1. The zero-order chi connectivity index (χ0) is 21.3. The van der Waals surface area contributed by atoms with Gasteiger partial charge in [-0.2, -0.15) is 0 Å². The number of hydrogen-bond donors (Lipinski definition) is 0. The topological polar surface area (TPSA) is 25.8 Å². The molecule has 6 aromatic rings. The molecule has 0 aliphatic carbocycles. The predicted molar refractivity (Wildman–Crippen MR) is 133 cm³/mol. The van der Waals surface area contributed by atoms with Gasteiger partial charge >= 0.3 is 0 Å². The molecule has 150 valence electrons. The summed E-state index contributed by atoms with van der Waals surface area (Å²) in [6, 6.07) is 41.9. The fourth-order valence-electron chi connectivity index (χ4n) is 4.27. The van der Waals surface area contributed by atoms with Crippen LogP contribution in [0, 0.1) is 0 Å². The molecule has 0 N–H and O–H groups in total. The van der Waals surface area contributed by atoms with Crippen molar-refractivity contribution in [3.63, 3.8) is 0 Å². The van der Waals surface area contributed by atoms with Crippen molar-refractivity contribution in [3.8, 4) is 33.9 Å². The number of hydrogen-bond acceptors (Lipinski definition) is 2. The minimum atomic E-state index is 0.913. The first-order valence-corrected chi connectivity index (χ1v) is 10.8. The van der Waals surface area contributed by atoms with E-state index in [4.69, 9.17) is 9.97 Å². The highest BCUT2D eigenvalue weighted by atomic mass is 14.8. The molecule has 2 nitrogen and oxygen atoms in total. The molecule has 2 heteroatoms. The molecule has 32 heavy (non-hydrogen) atoms. The highest BCUT2D eigenvalue weighted by molar-refractivity contribution is 6.04. The molecule has 0 aliphatic heterocycles. The first kappa shape index (κ1) is 18.5. The number of nitrogens with zero attached hydrogens (tertiary/aromatic N) is 2. The van der Waals surface area contributed by atoms with E-state index in [-0.39, 0.29) is 0 Å². The van der Waals surface area contributed by atoms with Crippen molar-refractivity contribution in [2.24, 2.45) is 0 Å². The van der Waals surface area contributed by atoms with Crippen LogP contribution in [-0.2, 0) is 0 Å². The number of benzene rings is 4. The summed E-state index contributed by atoms with van der Waals surface area (Å²) in [6.45, 7) is 0. The summed E-state index contributed by atoms with van der Waals surface area (Å²) in [5.41, 5.74) is 5.93. The largest absolute Gasteiger partial charge is 0.245 e. The van der Waals surface area contributed by atoms with Gasteiger partial charge in [-0.1, -0.05) is 109 Å². The van der Waals surface area contributed by atoms with Crippen LogP contribution in [0.2, 0.25) is 0 Å². The van der Waals surface area contributed by atoms with E-state index in [9.17, 15) is 0 Å². The van der Waals surface area contributed by atoms with Gasteiger partial charge in [-0.05, 0) is 22.9 Å². The van der Waals surface area contributed by atoms with Crippen molar-refractivity contribution in [1.29, 1.82) is 0 Å². The average Bonchev–Trinajstić information content (AvgIpc) is 2.88. The number of pyridine rings is 2. The lowest BCUT2D eigenvalue weighted by atomic mass is 9.99. The second-order valence-corrected chi connectivity index (χ2v) is 7.89. The molecule has 0 amide bonds. The summed E-state index contributed by atoms with van der Waals surface area (Å²) in [5.74, 6) is 0. The maximum absolute atomic E-state index is 5.16. The van der Waals surface area contributed by atoms with Gasteiger partial charge in [0.15, 0.2) is 0 Å². The summed E-state index contributed by atoms with van der Waals surface area (Å²) in [5, 5.41) is 4.53. The Morgan fingerprint density at radius 3 is 1.19 bits per heavy atom. The lowest BCUT2D eigenvalue weighted by Gasteiger charge is -2.13. The van der Waals surface area contributed by atoms with Gasteiger partial charge in [-0.3, -0.25) is 0 Å². The Morgan fingerprint density at radius 2 is 0.750 bits per heavy atom. The van der Waals surface area contributed by atoms with E-state index in [1.165, 1.54) is 0 Å². The van der Waals surface area contributed by atoms with E-state index in [2.05, 4.69) is 109 Å². The quantitative estimate of drug-likeness (QED) is 0.299. The standard InChI is InChI=1S/C30H20N2/c1-3-11-21(12-4-1)27-19-23-15-7-9-17-25(23)29(31-27)30-26-18-10-8-16-24(26)20-28(32-30)22-13-5-2-6-14-22/h1-20H. The Hall–Kier alpha value is -4.30. The molecule has 0 fully saturated rings. The molecule has 0 saturated heterocycles. The fourth-order valence-corrected chi connectivity index (χ4v) is 4.27. The molecule has 0 radical (unpaired) electrons. The van der Waals surface area contributed by atoms with Crippen molar-refractivity contribution < 1.29 is 0 Å². The zero-order valence-electron chi connectivity index (χ0n) is 17.4. The minimum Gasteiger partial charge on any atom is -0.245 e. The molecule has 0 saturated carbocycles. The first-order chi connectivity index (χ1) is 15.9. The van der Waals surface area contributed by atoms with Gasteiger partial charge in [-0.25, -0.2) is 9.97 Å². The molecule has 2 heterocycles. The highest BCUT2D eigenvalue weighted by Crippen LogP contribution is 2.35. The Morgan fingerprint density at radius 1 is 0.375 bits per heavy atom. The molecule has 6 rings (SSSR count). The van der Waals surface area contributed by atoms with Gasteiger partial charge in [0.2, 0.25) is 0 Å². The average molecular weight is 409 g/mol. The second kappa shape index (κ2) is 7.75. The van der Waals surface area contributed by atoms with Gasteiger partial charge < -0.3 is 0 Å². The van der Waals surface area contributed by atoms with Gasteiger partial charge in [0.25, 0.3) is 0 Å². The van der Waals surface area contributed by atoms with Crippen LogP contribution < -0.4 is 0 Å². The van der Waals surface area contributed by atoms with Crippen molar-refractivity contribution in [3.05, 3.63) is 121 Å². The van der Waals surface area contributed by atoms with E-state index in [1.807, 2.05) is 12.1 Å². The third kappa shape index (κ3) is 3.23. The highest BCUT2D eigenvalue weighted by Gasteiger charge is 2.15. The Balaban J connectivity index is 1.70. The summed E-state index contributed by atoms with van der Waals surface area (Å²) >= 11 is 0. The van der Waals surface area contributed by atoms with Crippen molar-refractivity contribution >= 4 is 21.5 Å². The first-order valence-electron chi connectivity index (χ1n) is 10.8. The van der Waals surface area contributed by atoms with Gasteiger partial charge in [0.05, 0.1) is 22.8 Å². The fraction of sp³-hybridized carbons (Fsp3) is 0. The van der Waals surface area contributed by atoms with Crippen LogP contribution in [0.5, 0.6) is 0 Å². The molecular formula is C30H20N2. The maximum atomic E-state index is 5.16.